The van der Waals surface area contributed by atoms with Crippen molar-refractivity contribution in [3.63, 3.8) is 0 Å². The number of furan rings is 1. The molecule has 2 heterocycles. The molecule has 3 rings (SSSR count). The van der Waals surface area contributed by atoms with Crippen molar-refractivity contribution in [2.24, 2.45) is 0 Å². The van der Waals surface area contributed by atoms with Gasteiger partial charge in [0.25, 0.3) is 5.56 Å². The second kappa shape index (κ2) is 6.49. The van der Waals surface area contributed by atoms with E-state index in [1.54, 1.807) is 31.2 Å². The lowest BCUT2D eigenvalue weighted by Crippen LogP contribution is -2.27. The molecule has 0 unspecified atom stereocenters. The van der Waals surface area contributed by atoms with Gasteiger partial charge in [0.2, 0.25) is 5.91 Å². The lowest BCUT2D eigenvalue weighted by molar-refractivity contribution is -0.116. The van der Waals surface area contributed by atoms with Crippen molar-refractivity contribution in [1.29, 1.82) is 0 Å². The Labute approximate surface area is 136 Å². The van der Waals surface area contributed by atoms with Crippen molar-refractivity contribution in [1.82, 2.24) is 9.55 Å². The third kappa shape index (κ3) is 3.40. The van der Waals surface area contributed by atoms with Crippen LogP contribution in [0.2, 0.25) is 0 Å². The van der Waals surface area contributed by atoms with Crippen molar-refractivity contribution in [2.75, 3.05) is 5.32 Å². The Morgan fingerprint density at radius 2 is 2.17 bits per heavy atom. The molecule has 1 amide bonds. The summed E-state index contributed by atoms with van der Waals surface area (Å²) >= 11 is 0. The van der Waals surface area contributed by atoms with Crippen LogP contribution in [-0.4, -0.2) is 15.5 Å². The maximum Gasteiger partial charge on any atom is 0.254 e. The summed E-state index contributed by atoms with van der Waals surface area (Å²) in [6.45, 7) is 1.41. The first kappa shape index (κ1) is 15.7. The standard InChI is InChI=1S/C17H14FN3O3/c1-11-4-5-12(7-13(11)18)20-16(22)9-21-10-19-14(8-17(21)23)15-3-2-6-24-15/h2-8,10H,9H2,1H3,(H,20,22). The van der Waals surface area contributed by atoms with E-state index in [0.717, 1.165) is 4.57 Å². The third-order valence-corrected chi connectivity index (χ3v) is 3.42. The Kier molecular flexibility index (Phi) is 4.24. The molecule has 24 heavy (non-hydrogen) atoms. The van der Waals surface area contributed by atoms with Gasteiger partial charge in [-0.3, -0.25) is 14.2 Å². The molecule has 0 aliphatic carbocycles. The van der Waals surface area contributed by atoms with Crippen molar-refractivity contribution in [3.8, 4) is 11.5 Å². The fourth-order valence-electron chi connectivity index (χ4n) is 2.13. The van der Waals surface area contributed by atoms with Gasteiger partial charge in [0.05, 0.1) is 12.6 Å². The van der Waals surface area contributed by atoms with Crippen LogP contribution in [0.3, 0.4) is 0 Å². The molecule has 122 valence electrons. The van der Waals surface area contributed by atoms with Gasteiger partial charge in [0, 0.05) is 11.8 Å². The van der Waals surface area contributed by atoms with Crippen LogP contribution in [0, 0.1) is 12.7 Å². The van der Waals surface area contributed by atoms with E-state index in [2.05, 4.69) is 10.3 Å². The Hall–Kier alpha value is -3.22. The summed E-state index contributed by atoms with van der Waals surface area (Å²) in [4.78, 5) is 28.2. The van der Waals surface area contributed by atoms with E-state index in [-0.39, 0.29) is 12.1 Å². The number of carbonyl (C=O) groups excluding carboxylic acids is 1. The zero-order valence-electron chi connectivity index (χ0n) is 12.8. The summed E-state index contributed by atoms with van der Waals surface area (Å²) in [7, 11) is 0. The van der Waals surface area contributed by atoms with E-state index in [1.165, 1.54) is 24.7 Å². The molecule has 0 bridgehead atoms. The van der Waals surface area contributed by atoms with Crippen molar-refractivity contribution >= 4 is 11.6 Å². The van der Waals surface area contributed by atoms with Crippen molar-refractivity contribution in [3.05, 3.63) is 70.7 Å². The third-order valence-electron chi connectivity index (χ3n) is 3.42. The van der Waals surface area contributed by atoms with Gasteiger partial charge < -0.3 is 9.73 Å². The molecule has 1 N–H and O–H groups in total. The van der Waals surface area contributed by atoms with E-state index < -0.39 is 11.7 Å². The molecule has 0 fully saturated rings. The lowest BCUT2D eigenvalue weighted by Gasteiger charge is -2.08. The number of benzene rings is 1. The van der Waals surface area contributed by atoms with Gasteiger partial charge in [-0.1, -0.05) is 6.07 Å². The number of hydrogen-bond acceptors (Lipinski definition) is 4. The highest BCUT2D eigenvalue weighted by atomic mass is 19.1. The largest absolute Gasteiger partial charge is 0.463 e. The average molecular weight is 327 g/mol. The first-order valence-electron chi connectivity index (χ1n) is 7.19. The maximum absolute atomic E-state index is 13.5. The van der Waals surface area contributed by atoms with Crippen molar-refractivity contribution < 1.29 is 13.6 Å². The predicted molar refractivity (Wildman–Crippen MR) is 86.0 cm³/mol. The molecule has 0 saturated heterocycles. The molecule has 0 saturated carbocycles. The Bertz CT molecular complexity index is 933. The topological polar surface area (TPSA) is 77.1 Å². The highest BCUT2D eigenvalue weighted by molar-refractivity contribution is 5.90. The molecule has 0 spiro atoms. The summed E-state index contributed by atoms with van der Waals surface area (Å²) in [5.74, 6) is -0.388. The molecule has 0 radical (unpaired) electrons. The zero-order valence-corrected chi connectivity index (χ0v) is 12.8. The van der Waals surface area contributed by atoms with Gasteiger partial charge in [-0.05, 0) is 36.8 Å². The number of hydrogen-bond donors (Lipinski definition) is 1. The number of halogens is 1. The second-order valence-electron chi connectivity index (χ2n) is 5.23. The summed E-state index contributed by atoms with van der Waals surface area (Å²) in [5, 5.41) is 2.54. The SMILES string of the molecule is Cc1ccc(NC(=O)Cn2cnc(-c3ccco3)cc2=O)cc1F. The second-order valence-corrected chi connectivity index (χ2v) is 5.23. The zero-order chi connectivity index (χ0) is 17.1. The number of nitrogens with one attached hydrogen (secondary N) is 1. The summed E-state index contributed by atoms with van der Waals surface area (Å²) in [6.07, 6.45) is 2.76. The van der Waals surface area contributed by atoms with Gasteiger partial charge >= 0.3 is 0 Å². The van der Waals surface area contributed by atoms with Gasteiger partial charge in [-0.2, -0.15) is 0 Å². The first-order chi connectivity index (χ1) is 11.5. The Balaban J connectivity index is 1.72. The fraction of sp³-hybridized carbons (Fsp3) is 0.118. The monoisotopic (exact) mass is 327 g/mol. The van der Waals surface area contributed by atoms with Crippen LogP contribution in [-0.2, 0) is 11.3 Å². The molecule has 1 aromatic carbocycles. The highest BCUT2D eigenvalue weighted by Gasteiger charge is 2.09. The number of rotatable bonds is 4. The quantitative estimate of drug-likeness (QED) is 0.799. The van der Waals surface area contributed by atoms with E-state index in [4.69, 9.17) is 4.42 Å². The van der Waals surface area contributed by atoms with Crippen LogP contribution in [0.25, 0.3) is 11.5 Å². The molecule has 6 nitrogen and oxygen atoms in total. The first-order valence-corrected chi connectivity index (χ1v) is 7.19. The van der Waals surface area contributed by atoms with Crippen LogP contribution >= 0.6 is 0 Å². The summed E-state index contributed by atoms with van der Waals surface area (Å²) in [5.41, 5.74) is 0.821. The van der Waals surface area contributed by atoms with Gasteiger partial charge in [-0.15, -0.1) is 0 Å². The summed E-state index contributed by atoms with van der Waals surface area (Å²) in [6, 6.07) is 9.06. The van der Waals surface area contributed by atoms with Gasteiger partial charge in [-0.25, -0.2) is 9.37 Å². The predicted octanol–water partition coefficient (Wildman–Crippen LogP) is 2.59. The van der Waals surface area contributed by atoms with Gasteiger partial charge in [0.1, 0.15) is 18.1 Å². The van der Waals surface area contributed by atoms with E-state index in [1.807, 2.05) is 0 Å². The fourth-order valence-corrected chi connectivity index (χ4v) is 2.13. The van der Waals surface area contributed by atoms with Crippen LogP contribution in [0.5, 0.6) is 0 Å². The minimum absolute atomic E-state index is 0.222. The van der Waals surface area contributed by atoms with E-state index in [0.29, 0.717) is 22.7 Å². The summed E-state index contributed by atoms with van der Waals surface area (Å²) < 4.78 is 19.8. The Morgan fingerprint density at radius 1 is 1.33 bits per heavy atom. The minimum atomic E-state index is -0.451. The maximum atomic E-state index is 13.5. The lowest BCUT2D eigenvalue weighted by atomic mass is 10.2. The normalized spacial score (nSPS) is 10.6. The number of aromatic nitrogens is 2. The number of amides is 1. The van der Waals surface area contributed by atoms with Crippen LogP contribution < -0.4 is 10.9 Å². The molecule has 0 aliphatic rings. The minimum Gasteiger partial charge on any atom is -0.463 e. The molecule has 2 aromatic heterocycles. The van der Waals surface area contributed by atoms with Crippen molar-refractivity contribution in [2.45, 2.75) is 13.5 Å². The number of anilines is 1. The van der Waals surface area contributed by atoms with Crippen LogP contribution in [0.1, 0.15) is 5.56 Å². The molecule has 7 heteroatoms. The average Bonchev–Trinajstić information content (AvgIpc) is 3.07. The smallest absolute Gasteiger partial charge is 0.254 e. The molecule has 3 aromatic rings. The van der Waals surface area contributed by atoms with Crippen LogP contribution in [0.15, 0.2) is 58.2 Å². The highest BCUT2D eigenvalue weighted by Crippen LogP contribution is 2.15. The number of aryl methyl sites for hydroxylation is 1. The molecule has 0 atom stereocenters. The Morgan fingerprint density at radius 3 is 2.83 bits per heavy atom. The van der Waals surface area contributed by atoms with Gasteiger partial charge in [0.15, 0.2) is 5.76 Å². The molecule has 0 aliphatic heterocycles. The molecular weight excluding hydrogens is 313 g/mol. The molecular formula is C17H14FN3O3. The van der Waals surface area contributed by atoms with Crippen LogP contribution in [0.4, 0.5) is 10.1 Å². The van der Waals surface area contributed by atoms with E-state index in [9.17, 15) is 14.0 Å². The van der Waals surface area contributed by atoms with E-state index >= 15 is 0 Å². The number of carbonyl (C=O) groups is 1. The number of nitrogens with zero attached hydrogens (tertiary/aromatic N) is 2.